The number of hydrogen-bond acceptors (Lipinski definition) is 1. The summed E-state index contributed by atoms with van der Waals surface area (Å²) in [4.78, 5) is 14.9. The molecular formula is C17H22N2O. The van der Waals surface area contributed by atoms with E-state index in [0.29, 0.717) is 0 Å². The summed E-state index contributed by atoms with van der Waals surface area (Å²) < 4.78 is 2.05. The average molecular weight is 270 g/mol. The number of fused-ring (bicyclic) bond motifs is 1. The van der Waals surface area contributed by atoms with Crippen LogP contribution in [0, 0.1) is 6.92 Å². The van der Waals surface area contributed by atoms with Crippen LogP contribution in [0.1, 0.15) is 41.7 Å². The third-order valence-corrected chi connectivity index (χ3v) is 4.46. The van der Waals surface area contributed by atoms with Crippen molar-refractivity contribution < 1.29 is 4.79 Å². The Labute approximate surface area is 120 Å². The molecule has 1 aliphatic rings. The molecule has 1 aromatic carbocycles. The second-order valence-corrected chi connectivity index (χ2v) is 5.76. The zero-order valence-corrected chi connectivity index (χ0v) is 12.4. The molecule has 2 heterocycles. The van der Waals surface area contributed by atoms with E-state index in [9.17, 15) is 4.79 Å². The van der Waals surface area contributed by atoms with Gasteiger partial charge in [0.05, 0.1) is 0 Å². The van der Waals surface area contributed by atoms with Crippen molar-refractivity contribution in [3.05, 3.63) is 35.5 Å². The Morgan fingerprint density at radius 3 is 2.35 bits per heavy atom. The van der Waals surface area contributed by atoms with Crippen molar-refractivity contribution >= 4 is 16.8 Å². The fourth-order valence-corrected chi connectivity index (χ4v) is 3.31. The predicted octanol–water partition coefficient (Wildman–Crippen LogP) is 3.50. The minimum Gasteiger partial charge on any atom is -0.339 e. The maximum atomic E-state index is 12.9. The number of carbonyl (C=O) groups excluding carboxylic acids is 1. The zero-order chi connectivity index (χ0) is 14.1. The molecule has 1 amide bonds. The molecule has 3 rings (SSSR count). The van der Waals surface area contributed by atoms with Crippen LogP contribution < -0.4 is 0 Å². The van der Waals surface area contributed by atoms with Gasteiger partial charge in [-0.05, 0) is 31.4 Å². The highest BCUT2D eigenvalue weighted by molar-refractivity contribution is 6.01. The van der Waals surface area contributed by atoms with Crippen molar-refractivity contribution in [2.45, 2.75) is 32.6 Å². The molecule has 0 spiro atoms. The van der Waals surface area contributed by atoms with Gasteiger partial charge in [-0.1, -0.05) is 31.0 Å². The summed E-state index contributed by atoms with van der Waals surface area (Å²) in [5.74, 6) is 0.197. The molecule has 1 aromatic heterocycles. The van der Waals surface area contributed by atoms with E-state index >= 15 is 0 Å². The summed E-state index contributed by atoms with van der Waals surface area (Å²) in [6.07, 6.45) is 4.76. The molecule has 0 bridgehead atoms. The van der Waals surface area contributed by atoms with Gasteiger partial charge in [-0.3, -0.25) is 4.79 Å². The van der Waals surface area contributed by atoms with E-state index in [4.69, 9.17) is 0 Å². The predicted molar refractivity (Wildman–Crippen MR) is 82.0 cm³/mol. The average Bonchev–Trinajstić information content (AvgIpc) is 2.68. The molecule has 0 aliphatic carbocycles. The van der Waals surface area contributed by atoms with Crippen molar-refractivity contribution in [1.82, 2.24) is 9.47 Å². The van der Waals surface area contributed by atoms with E-state index < -0.39 is 0 Å². The molecule has 0 saturated carbocycles. The smallest absolute Gasteiger partial charge is 0.270 e. The highest BCUT2D eigenvalue weighted by Crippen LogP contribution is 2.26. The van der Waals surface area contributed by atoms with Gasteiger partial charge in [-0.2, -0.15) is 0 Å². The summed E-state index contributed by atoms with van der Waals surface area (Å²) in [5.41, 5.74) is 3.11. The molecule has 2 aromatic rings. The first-order valence-corrected chi connectivity index (χ1v) is 7.53. The zero-order valence-electron chi connectivity index (χ0n) is 12.4. The van der Waals surface area contributed by atoms with Crippen LogP contribution in [-0.4, -0.2) is 28.5 Å². The molecule has 1 saturated heterocycles. The van der Waals surface area contributed by atoms with Gasteiger partial charge < -0.3 is 9.47 Å². The van der Waals surface area contributed by atoms with Crippen LogP contribution in [0.3, 0.4) is 0 Å². The summed E-state index contributed by atoms with van der Waals surface area (Å²) in [5, 5.41) is 1.19. The van der Waals surface area contributed by atoms with Crippen LogP contribution >= 0.6 is 0 Å². The highest BCUT2D eigenvalue weighted by atomic mass is 16.2. The number of nitrogens with zero attached hydrogens (tertiary/aromatic N) is 2. The SMILES string of the molecule is Cc1c(C(=O)N2CCCCCC2)n(C)c2ccccc12. The second-order valence-electron chi connectivity index (χ2n) is 5.76. The Morgan fingerprint density at radius 1 is 1.05 bits per heavy atom. The van der Waals surface area contributed by atoms with Gasteiger partial charge in [0.1, 0.15) is 5.69 Å². The van der Waals surface area contributed by atoms with Gasteiger partial charge >= 0.3 is 0 Å². The van der Waals surface area contributed by atoms with Gasteiger partial charge in [-0.15, -0.1) is 0 Å². The van der Waals surface area contributed by atoms with Gasteiger partial charge in [0, 0.05) is 31.0 Å². The highest BCUT2D eigenvalue weighted by Gasteiger charge is 2.23. The minimum absolute atomic E-state index is 0.197. The van der Waals surface area contributed by atoms with E-state index in [0.717, 1.165) is 42.7 Å². The van der Waals surface area contributed by atoms with Crippen molar-refractivity contribution in [2.24, 2.45) is 7.05 Å². The van der Waals surface area contributed by atoms with E-state index in [1.165, 1.54) is 18.2 Å². The lowest BCUT2D eigenvalue weighted by Gasteiger charge is -2.21. The lowest BCUT2D eigenvalue weighted by Crippen LogP contribution is -2.33. The normalized spacial score (nSPS) is 16.4. The lowest BCUT2D eigenvalue weighted by atomic mass is 10.1. The second kappa shape index (κ2) is 5.31. The van der Waals surface area contributed by atoms with Gasteiger partial charge in [0.2, 0.25) is 0 Å². The molecule has 3 heteroatoms. The van der Waals surface area contributed by atoms with Crippen molar-refractivity contribution in [2.75, 3.05) is 13.1 Å². The third-order valence-electron chi connectivity index (χ3n) is 4.46. The van der Waals surface area contributed by atoms with Crippen molar-refractivity contribution in [3.63, 3.8) is 0 Å². The van der Waals surface area contributed by atoms with E-state index in [1.54, 1.807) is 0 Å². The Balaban J connectivity index is 2.02. The van der Waals surface area contributed by atoms with Gasteiger partial charge in [0.25, 0.3) is 5.91 Å². The fraction of sp³-hybridized carbons (Fsp3) is 0.471. The molecule has 1 aliphatic heterocycles. The Hall–Kier alpha value is -1.77. The summed E-state index contributed by atoms with van der Waals surface area (Å²) in [7, 11) is 2.00. The topological polar surface area (TPSA) is 25.2 Å². The van der Waals surface area contributed by atoms with Crippen LogP contribution in [-0.2, 0) is 7.05 Å². The van der Waals surface area contributed by atoms with Crippen molar-refractivity contribution in [1.29, 1.82) is 0 Å². The maximum Gasteiger partial charge on any atom is 0.270 e. The minimum atomic E-state index is 0.197. The number of rotatable bonds is 1. The van der Waals surface area contributed by atoms with Crippen LogP contribution in [0.25, 0.3) is 10.9 Å². The molecule has 3 nitrogen and oxygen atoms in total. The summed E-state index contributed by atoms with van der Waals surface area (Å²) in [6, 6.07) is 8.25. The standard InChI is InChI=1S/C17H22N2O/c1-13-14-9-5-6-10-15(14)18(2)16(13)17(20)19-11-7-3-4-8-12-19/h5-6,9-10H,3-4,7-8,11-12H2,1-2H3. The summed E-state index contributed by atoms with van der Waals surface area (Å²) >= 11 is 0. The molecule has 106 valence electrons. The largest absolute Gasteiger partial charge is 0.339 e. The van der Waals surface area contributed by atoms with Gasteiger partial charge in [-0.25, -0.2) is 0 Å². The number of carbonyl (C=O) groups is 1. The Bertz CT molecular complexity index is 595. The Kier molecular flexibility index (Phi) is 3.51. The first-order valence-electron chi connectivity index (χ1n) is 7.53. The molecule has 0 unspecified atom stereocenters. The quantitative estimate of drug-likeness (QED) is 0.778. The third kappa shape index (κ3) is 2.11. The molecular weight excluding hydrogens is 248 g/mol. The van der Waals surface area contributed by atoms with Crippen LogP contribution in [0.2, 0.25) is 0 Å². The lowest BCUT2D eigenvalue weighted by molar-refractivity contribution is 0.0752. The van der Waals surface area contributed by atoms with Crippen molar-refractivity contribution in [3.8, 4) is 0 Å². The first kappa shape index (κ1) is 13.2. The summed E-state index contributed by atoms with van der Waals surface area (Å²) in [6.45, 7) is 3.87. The maximum absolute atomic E-state index is 12.9. The van der Waals surface area contributed by atoms with E-state index in [1.807, 2.05) is 24.1 Å². The monoisotopic (exact) mass is 270 g/mol. The number of likely N-dealkylation sites (tertiary alicyclic amines) is 1. The first-order chi connectivity index (χ1) is 9.70. The molecule has 1 fully saturated rings. The van der Waals surface area contributed by atoms with Crippen LogP contribution in [0.5, 0.6) is 0 Å². The number of amides is 1. The van der Waals surface area contributed by atoms with Crippen LogP contribution in [0.4, 0.5) is 0 Å². The molecule has 0 atom stereocenters. The fourth-order valence-electron chi connectivity index (χ4n) is 3.31. The number of benzene rings is 1. The van der Waals surface area contributed by atoms with E-state index in [2.05, 4.69) is 23.6 Å². The molecule has 20 heavy (non-hydrogen) atoms. The van der Waals surface area contributed by atoms with E-state index in [-0.39, 0.29) is 5.91 Å². The number of aromatic nitrogens is 1. The molecule has 0 N–H and O–H groups in total. The number of hydrogen-bond donors (Lipinski definition) is 0. The number of aryl methyl sites for hydroxylation is 2. The van der Waals surface area contributed by atoms with Crippen LogP contribution in [0.15, 0.2) is 24.3 Å². The van der Waals surface area contributed by atoms with Gasteiger partial charge in [0.15, 0.2) is 0 Å². The number of para-hydroxylation sites is 1. The molecule has 0 radical (unpaired) electrons. The Morgan fingerprint density at radius 2 is 1.70 bits per heavy atom.